The number of dihydropyridines is 1. The third-order valence-electron chi connectivity index (χ3n) is 2.79. The van der Waals surface area contributed by atoms with Crippen molar-refractivity contribution < 1.29 is 0 Å². The number of nitriles is 1. The average molecular weight is 190 g/mol. The predicted octanol–water partition coefficient (Wildman–Crippen LogP) is 2.89. The lowest BCUT2D eigenvalue weighted by Gasteiger charge is -2.30. The van der Waals surface area contributed by atoms with Crippen LogP contribution in [0.4, 0.5) is 0 Å². The number of hydrogen-bond donors (Lipinski definition) is 1. The standard InChI is InChI=1S/C12H18N2/c1-3-4-5-8-12(10-13)11(2)7-6-9-14-12/h6-7,9,14H,3-5,8H2,1-2H3. The van der Waals surface area contributed by atoms with Gasteiger partial charge in [-0.25, -0.2) is 0 Å². The van der Waals surface area contributed by atoms with Gasteiger partial charge in [0.15, 0.2) is 0 Å². The van der Waals surface area contributed by atoms with E-state index in [1.807, 2.05) is 25.3 Å². The number of nitrogens with zero attached hydrogens (tertiary/aromatic N) is 1. The van der Waals surface area contributed by atoms with Gasteiger partial charge in [0, 0.05) is 0 Å². The first-order chi connectivity index (χ1) is 6.75. The molecule has 1 N–H and O–H groups in total. The quantitative estimate of drug-likeness (QED) is 0.692. The molecule has 1 aliphatic heterocycles. The fourth-order valence-electron chi connectivity index (χ4n) is 1.72. The minimum Gasteiger partial charge on any atom is -0.370 e. The normalized spacial score (nSPS) is 25.1. The van der Waals surface area contributed by atoms with E-state index in [1.54, 1.807) is 0 Å². The number of hydrogen-bond acceptors (Lipinski definition) is 2. The summed E-state index contributed by atoms with van der Waals surface area (Å²) in [6, 6.07) is 2.40. The Morgan fingerprint density at radius 1 is 1.50 bits per heavy atom. The van der Waals surface area contributed by atoms with Crippen molar-refractivity contribution in [3.05, 3.63) is 23.9 Å². The first-order valence-corrected chi connectivity index (χ1v) is 5.28. The summed E-state index contributed by atoms with van der Waals surface area (Å²) in [6.07, 6.45) is 10.2. The molecule has 1 rings (SSSR count). The number of nitrogens with one attached hydrogen (secondary N) is 1. The van der Waals surface area contributed by atoms with E-state index < -0.39 is 5.54 Å². The van der Waals surface area contributed by atoms with E-state index in [0.717, 1.165) is 18.4 Å². The molecule has 0 aromatic carbocycles. The molecule has 0 saturated carbocycles. The highest BCUT2D eigenvalue weighted by Gasteiger charge is 2.30. The van der Waals surface area contributed by atoms with E-state index in [9.17, 15) is 5.26 Å². The van der Waals surface area contributed by atoms with Crippen molar-refractivity contribution in [3.63, 3.8) is 0 Å². The summed E-state index contributed by atoms with van der Waals surface area (Å²) in [5.41, 5.74) is 0.683. The smallest absolute Gasteiger partial charge is 0.146 e. The van der Waals surface area contributed by atoms with Crippen molar-refractivity contribution in [2.45, 2.75) is 45.1 Å². The van der Waals surface area contributed by atoms with Gasteiger partial charge in [0.1, 0.15) is 5.54 Å². The second kappa shape index (κ2) is 4.85. The van der Waals surface area contributed by atoms with Crippen LogP contribution in [0.5, 0.6) is 0 Å². The summed E-state index contributed by atoms with van der Waals surface area (Å²) in [7, 11) is 0. The van der Waals surface area contributed by atoms with Crippen LogP contribution in [-0.4, -0.2) is 5.54 Å². The Hall–Kier alpha value is -1.23. The van der Waals surface area contributed by atoms with Gasteiger partial charge in [0.2, 0.25) is 0 Å². The zero-order valence-corrected chi connectivity index (χ0v) is 9.01. The summed E-state index contributed by atoms with van der Waals surface area (Å²) < 4.78 is 0. The maximum atomic E-state index is 9.22. The van der Waals surface area contributed by atoms with Crippen LogP contribution in [0.3, 0.4) is 0 Å². The van der Waals surface area contributed by atoms with E-state index in [2.05, 4.69) is 18.3 Å². The van der Waals surface area contributed by atoms with Crippen molar-refractivity contribution >= 4 is 0 Å². The second-order valence-electron chi connectivity index (χ2n) is 3.83. The average Bonchev–Trinajstić information content (AvgIpc) is 2.21. The molecule has 0 spiro atoms. The molecule has 1 atom stereocenters. The fourth-order valence-corrected chi connectivity index (χ4v) is 1.72. The number of allylic oxidation sites excluding steroid dienone is 2. The first kappa shape index (κ1) is 10.8. The predicted molar refractivity (Wildman–Crippen MR) is 58.5 cm³/mol. The van der Waals surface area contributed by atoms with Crippen molar-refractivity contribution in [1.29, 1.82) is 5.26 Å². The lowest BCUT2D eigenvalue weighted by molar-refractivity contribution is 0.465. The van der Waals surface area contributed by atoms with Gasteiger partial charge < -0.3 is 5.32 Å². The molecule has 0 aliphatic carbocycles. The SMILES string of the molecule is CCCCCC1(C#N)NC=CC=C1C. The van der Waals surface area contributed by atoms with Gasteiger partial charge in [-0.1, -0.05) is 25.8 Å². The highest BCUT2D eigenvalue weighted by molar-refractivity contribution is 5.35. The minimum atomic E-state index is -0.441. The summed E-state index contributed by atoms with van der Waals surface area (Å²) in [5, 5.41) is 12.4. The van der Waals surface area contributed by atoms with Crippen LogP contribution in [0.2, 0.25) is 0 Å². The maximum Gasteiger partial charge on any atom is 0.146 e. The topological polar surface area (TPSA) is 35.8 Å². The maximum absolute atomic E-state index is 9.22. The van der Waals surface area contributed by atoms with Crippen LogP contribution < -0.4 is 5.32 Å². The van der Waals surface area contributed by atoms with Crippen LogP contribution in [0, 0.1) is 11.3 Å². The van der Waals surface area contributed by atoms with Gasteiger partial charge in [-0.3, -0.25) is 0 Å². The molecule has 0 amide bonds. The van der Waals surface area contributed by atoms with Crippen LogP contribution in [0.25, 0.3) is 0 Å². The van der Waals surface area contributed by atoms with E-state index >= 15 is 0 Å². The van der Waals surface area contributed by atoms with Crippen molar-refractivity contribution in [2.75, 3.05) is 0 Å². The summed E-state index contributed by atoms with van der Waals surface area (Å²) in [4.78, 5) is 0. The minimum absolute atomic E-state index is 0.441. The lowest BCUT2D eigenvalue weighted by atomic mass is 9.85. The van der Waals surface area contributed by atoms with Crippen LogP contribution in [-0.2, 0) is 0 Å². The summed E-state index contributed by atoms with van der Waals surface area (Å²) >= 11 is 0. The monoisotopic (exact) mass is 190 g/mol. The molecule has 1 heterocycles. The van der Waals surface area contributed by atoms with E-state index in [1.165, 1.54) is 12.8 Å². The molecule has 0 aromatic heterocycles. The van der Waals surface area contributed by atoms with Crippen molar-refractivity contribution in [2.24, 2.45) is 0 Å². The largest absolute Gasteiger partial charge is 0.370 e. The molecule has 14 heavy (non-hydrogen) atoms. The lowest BCUT2D eigenvalue weighted by Crippen LogP contribution is -2.43. The summed E-state index contributed by atoms with van der Waals surface area (Å²) in [5.74, 6) is 0. The molecule has 76 valence electrons. The van der Waals surface area contributed by atoms with E-state index in [0.29, 0.717) is 0 Å². The molecule has 0 saturated heterocycles. The van der Waals surface area contributed by atoms with Gasteiger partial charge in [-0.2, -0.15) is 5.26 Å². The third kappa shape index (κ3) is 2.17. The Bertz CT molecular complexity index is 283. The van der Waals surface area contributed by atoms with E-state index in [4.69, 9.17) is 0 Å². The Morgan fingerprint density at radius 2 is 2.29 bits per heavy atom. The van der Waals surface area contributed by atoms with Gasteiger partial charge in [0.25, 0.3) is 0 Å². The molecular weight excluding hydrogens is 172 g/mol. The molecule has 0 radical (unpaired) electrons. The molecule has 1 unspecified atom stereocenters. The highest BCUT2D eigenvalue weighted by Crippen LogP contribution is 2.25. The zero-order valence-electron chi connectivity index (χ0n) is 9.01. The summed E-state index contributed by atoms with van der Waals surface area (Å²) in [6.45, 7) is 4.20. The Morgan fingerprint density at radius 3 is 2.86 bits per heavy atom. The molecule has 1 aliphatic rings. The van der Waals surface area contributed by atoms with Crippen molar-refractivity contribution in [1.82, 2.24) is 5.32 Å². The first-order valence-electron chi connectivity index (χ1n) is 5.28. The molecular formula is C12H18N2. The number of rotatable bonds is 4. The second-order valence-corrected chi connectivity index (χ2v) is 3.83. The van der Waals surface area contributed by atoms with Gasteiger partial charge in [-0.15, -0.1) is 0 Å². The van der Waals surface area contributed by atoms with Gasteiger partial charge in [0.05, 0.1) is 6.07 Å². The van der Waals surface area contributed by atoms with Gasteiger partial charge >= 0.3 is 0 Å². The molecule has 2 nitrogen and oxygen atoms in total. The number of unbranched alkanes of at least 4 members (excludes halogenated alkanes) is 2. The van der Waals surface area contributed by atoms with Crippen LogP contribution in [0.15, 0.2) is 23.9 Å². The third-order valence-corrected chi connectivity index (χ3v) is 2.79. The van der Waals surface area contributed by atoms with E-state index in [-0.39, 0.29) is 0 Å². The molecule has 2 heteroatoms. The molecule has 0 fully saturated rings. The van der Waals surface area contributed by atoms with Gasteiger partial charge in [-0.05, 0) is 37.6 Å². The zero-order chi connectivity index (χ0) is 10.4. The van der Waals surface area contributed by atoms with Crippen LogP contribution in [0.1, 0.15) is 39.5 Å². The Labute approximate surface area is 86.3 Å². The Kier molecular flexibility index (Phi) is 3.76. The van der Waals surface area contributed by atoms with Crippen molar-refractivity contribution in [3.8, 4) is 6.07 Å². The Balaban J connectivity index is 2.64. The highest BCUT2D eigenvalue weighted by atomic mass is 15.0. The molecule has 0 aromatic rings. The fraction of sp³-hybridized carbons (Fsp3) is 0.583. The molecule has 0 bridgehead atoms. The van der Waals surface area contributed by atoms with Crippen LogP contribution >= 0.6 is 0 Å².